The first kappa shape index (κ1) is 16.7. The van der Waals surface area contributed by atoms with Gasteiger partial charge in [0.2, 0.25) is 0 Å². The Hall–Kier alpha value is -1.71. The molecule has 3 nitrogen and oxygen atoms in total. The molecule has 0 aliphatic carbocycles. The molecule has 0 unspecified atom stereocenters. The first-order chi connectivity index (χ1) is 10.5. The molecular weight excluding hydrogens is 321 g/mol. The van der Waals surface area contributed by atoms with E-state index in [0.717, 1.165) is 0 Å². The van der Waals surface area contributed by atoms with E-state index < -0.39 is 0 Å². The smallest absolute Gasteiger partial charge is 0.259 e. The van der Waals surface area contributed by atoms with Gasteiger partial charge in [-0.1, -0.05) is 55.2 Å². The molecule has 0 fully saturated rings. The Kier molecular flexibility index (Phi) is 5.69. The second-order valence-corrected chi connectivity index (χ2v) is 6.07. The van der Waals surface area contributed by atoms with E-state index in [4.69, 9.17) is 27.9 Å². The molecular formula is C17H17Cl2NO2. The molecule has 0 spiro atoms. The summed E-state index contributed by atoms with van der Waals surface area (Å²) in [6, 6.07) is 12.1. The topological polar surface area (TPSA) is 38.3 Å². The Morgan fingerprint density at radius 1 is 1.09 bits per heavy atom. The number of ether oxygens (including phenoxy) is 1. The van der Waals surface area contributed by atoms with Crippen molar-refractivity contribution in [1.29, 1.82) is 0 Å². The Morgan fingerprint density at radius 2 is 1.73 bits per heavy atom. The van der Waals surface area contributed by atoms with Gasteiger partial charge in [0.05, 0.1) is 27.9 Å². The summed E-state index contributed by atoms with van der Waals surface area (Å²) in [6.07, 6.45) is 0. The number of carbonyl (C=O) groups excluding carboxylic acids is 1. The molecule has 2 rings (SSSR count). The number of anilines is 1. The third-order valence-corrected chi connectivity index (χ3v) is 3.54. The van der Waals surface area contributed by atoms with E-state index in [1.54, 1.807) is 36.4 Å². The number of carbonyl (C=O) groups is 1. The van der Waals surface area contributed by atoms with Crippen molar-refractivity contribution in [2.24, 2.45) is 5.92 Å². The van der Waals surface area contributed by atoms with Crippen LogP contribution in [-0.2, 0) is 0 Å². The summed E-state index contributed by atoms with van der Waals surface area (Å²) in [4.78, 5) is 12.5. The lowest BCUT2D eigenvalue weighted by Crippen LogP contribution is -2.15. The first-order valence-corrected chi connectivity index (χ1v) is 7.72. The summed E-state index contributed by atoms with van der Waals surface area (Å²) in [5.41, 5.74) is 0.841. The summed E-state index contributed by atoms with van der Waals surface area (Å²) in [5.74, 6) is 0.598. The van der Waals surface area contributed by atoms with Crippen molar-refractivity contribution in [3.05, 3.63) is 58.1 Å². The number of rotatable bonds is 5. The maximum Gasteiger partial charge on any atom is 0.259 e. The second kappa shape index (κ2) is 7.52. The van der Waals surface area contributed by atoms with E-state index >= 15 is 0 Å². The maximum atomic E-state index is 12.5. The molecule has 0 bridgehead atoms. The predicted molar refractivity (Wildman–Crippen MR) is 91.2 cm³/mol. The lowest BCUT2D eigenvalue weighted by molar-refractivity contribution is 0.102. The number of hydrogen-bond donors (Lipinski definition) is 1. The van der Waals surface area contributed by atoms with Crippen LogP contribution in [0.4, 0.5) is 5.69 Å². The standard InChI is InChI=1S/C17H17Cl2NO2/c1-11(2)10-22-15-9-4-3-6-12(15)17(21)20-16-13(18)7-5-8-14(16)19/h3-9,11H,10H2,1-2H3,(H,20,21). The number of hydrogen-bond acceptors (Lipinski definition) is 2. The van der Waals surface area contributed by atoms with E-state index in [1.807, 2.05) is 19.9 Å². The number of amides is 1. The largest absolute Gasteiger partial charge is 0.492 e. The van der Waals surface area contributed by atoms with Gasteiger partial charge in [-0.15, -0.1) is 0 Å². The lowest BCUT2D eigenvalue weighted by atomic mass is 10.1. The Morgan fingerprint density at radius 3 is 2.36 bits per heavy atom. The zero-order valence-electron chi connectivity index (χ0n) is 12.4. The van der Waals surface area contributed by atoms with Gasteiger partial charge in [-0.3, -0.25) is 4.79 Å². The van der Waals surface area contributed by atoms with Crippen molar-refractivity contribution in [3.8, 4) is 5.75 Å². The van der Waals surface area contributed by atoms with Crippen LogP contribution < -0.4 is 10.1 Å². The van der Waals surface area contributed by atoms with Crippen LogP contribution >= 0.6 is 23.2 Å². The molecule has 0 aliphatic heterocycles. The fraction of sp³-hybridized carbons (Fsp3) is 0.235. The average molecular weight is 338 g/mol. The minimum atomic E-state index is -0.311. The molecule has 116 valence electrons. The van der Waals surface area contributed by atoms with Crippen molar-refractivity contribution in [2.45, 2.75) is 13.8 Å². The molecule has 0 saturated heterocycles. The molecule has 5 heteroatoms. The van der Waals surface area contributed by atoms with Crippen LogP contribution in [0.5, 0.6) is 5.75 Å². The predicted octanol–water partition coefficient (Wildman–Crippen LogP) is 5.28. The van der Waals surface area contributed by atoms with E-state index in [9.17, 15) is 4.79 Å². The van der Waals surface area contributed by atoms with Crippen LogP contribution in [0.25, 0.3) is 0 Å². The van der Waals surface area contributed by atoms with Crippen LogP contribution in [0.3, 0.4) is 0 Å². The normalized spacial score (nSPS) is 10.6. The van der Waals surface area contributed by atoms with Gasteiger partial charge >= 0.3 is 0 Å². The second-order valence-electron chi connectivity index (χ2n) is 5.25. The summed E-state index contributed by atoms with van der Waals surface area (Å²) in [5, 5.41) is 3.52. The van der Waals surface area contributed by atoms with Crippen LogP contribution in [0.15, 0.2) is 42.5 Å². The lowest BCUT2D eigenvalue weighted by Gasteiger charge is -2.14. The van der Waals surface area contributed by atoms with E-state index in [2.05, 4.69) is 5.32 Å². The monoisotopic (exact) mass is 337 g/mol. The van der Waals surface area contributed by atoms with Gasteiger partial charge in [0.25, 0.3) is 5.91 Å². The summed E-state index contributed by atoms with van der Waals surface area (Å²) < 4.78 is 5.69. The van der Waals surface area contributed by atoms with E-state index in [1.165, 1.54) is 0 Å². The summed E-state index contributed by atoms with van der Waals surface area (Å²) in [6.45, 7) is 4.63. The highest BCUT2D eigenvalue weighted by Crippen LogP contribution is 2.31. The Labute approximate surface area is 140 Å². The fourth-order valence-electron chi connectivity index (χ4n) is 1.83. The Bertz CT molecular complexity index is 651. The van der Waals surface area contributed by atoms with Crippen molar-refractivity contribution in [1.82, 2.24) is 0 Å². The van der Waals surface area contributed by atoms with Crippen molar-refractivity contribution >= 4 is 34.8 Å². The number of para-hydroxylation sites is 2. The fourth-order valence-corrected chi connectivity index (χ4v) is 2.33. The molecule has 0 radical (unpaired) electrons. The van der Waals surface area contributed by atoms with Crippen LogP contribution in [0, 0.1) is 5.92 Å². The number of nitrogens with one attached hydrogen (secondary N) is 1. The average Bonchev–Trinajstić information content (AvgIpc) is 2.49. The van der Waals surface area contributed by atoms with Crippen molar-refractivity contribution in [2.75, 3.05) is 11.9 Å². The van der Waals surface area contributed by atoms with E-state index in [0.29, 0.717) is 39.6 Å². The van der Waals surface area contributed by atoms with Gasteiger partial charge in [0, 0.05) is 0 Å². The molecule has 0 atom stereocenters. The zero-order chi connectivity index (χ0) is 16.1. The third kappa shape index (κ3) is 4.15. The molecule has 0 aromatic heterocycles. The molecule has 1 N–H and O–H groups in total. The van der Waals surface area contributed by atoms with Crippen molar-refractivity contribution < 1.29 is 9.53 Å². The van der Waals surface area contributed by atoms with Crippen LogP contribution in [0.2, 0.25) is 10.0 Å². The zero-order valence-corrected chi connectivity index (χ0v) is 13.9. The SMILES string of the molecule is CC(C)COc1ccccc1C(=O)Nc1c(Cl)cccc1Cl. The van der Waals surface area contributed by atoms with Gasteiger partial charge < -0.3 is 10.1 Å². The molecule has 0 aliphatic rings. The molecule has 0 saturated carbocycles. The maximum absolute atomic E-state index is 12.5. The minimum Gasteiger partial charge on any atom is -0.492 e. The first-order valence-electron chi connectivity index (χ1n) is 6.96. The molecule has 2 aromatic carbocycles. The molecule has 1 amide bonds. The van der Waals surface area contributed by atoms with Gasteiger partial charge in [0.1, 0.15) is 5.75 Å². The number of benzene rings is 2. The quantitative estimate of drug-likeness (QED) is 0.805. The molecule has 22 heavy (non-hydrogen) atoms. The summed E-state index contributed by atoms with van der Waals surface area (Å²) in [7, 11) is 0. The van der Waals surface area contributed by atoms with Gasteiger partial charge in [-0.25, -0.2) is 0 Å². The third-order valence-electron chi connectivity index (χ3n) is 2.91. The highest BCUT2D eigenvalue weighted by atomic mass is 35.5. The summed E-state index contributed by atoms with van der Waals surface area (Å²) >= 11 is 12.1. The molecule has 2 aromatic rings. The van der Waals surface area contributed by atoms with Crippen molar-refractivity contribution in [3.63, 3.8) is 0 Å². The highest BCUT2D eigenvalue weighted by molar-refractivity contribution is 6.40. The van der Waals surface area contributed by atoms with Crippen LogP contribution in [0.1, 0.15) is 24.2 Å². The number of halogens is 2. The van der Waals surface area contributed by atoms with Gasteiger partial charge in [0.15, 0.2) is 0 Å². The van der Waals surface area contributed by atoms with Crippen LogP contribution in [-0.4, -0.2) is 12.5 Å². The van der Waals surface area contributed by atoms with Gasteiger partial charge in [-0.2, -0.15) is 0 Å². The van der Waals surface area contributed by atoms with Gasteiger partial charge in [-0.05, 0) is 30.2 Å². The molecule has 0 heterocycles. The Balaban J connectivity index is 2.23. The van der Waals surface area contributed by atoms with E-state index in [-0.39, 0.29) is 5.91 Å². The minimum absolute atomic E-state index is 0.311. The highest BCUT2D eigenvalue weighted by Gasteiger charge is 2.15.